The highest BCUT2D eigenvalue weighted by Gasteiger charge is 2.16. The van der Waals surface area contributed by atoms with Crippen molar-refractivity contribution in [1.29, 1.82) is 5.26 Å². The molecular formula is C12H12ClN3O3S. The van der Waals surface area contributed by atoms with Crippen LogP contribution < -0.4 is 5.32 Å². The summed E-state index contributed by atoms with van der Waals surface area (Å²) in [7, 11) is 0. The fourth-order valence-corrected chi connectivity index (χ4v) is 2.38. The van der Waals surface area contributed by atoms with E-state index in [0.29, 0.717) is 4.90 Å². The second-order valence-electron chi connectivity index (χ2n) is 3.99. The molecule has 0 saturated carbocycles. The van der Waals surface area contributed by atoms with E-state index in [-0.39, 0.29) is 34.8 Å². The molecule has 0 fully saturated rings. The quantitative estimate of drug-likeness (QED) is 0.495. The Morgan fingerprint density at radius 2 is 2.35 bits per heavy atom. The lowest BCUT2D eigenvalue weighted by Crippen LogP contribution is -2.33. The first-order chi connectivity index (χ1) is 9.43. The predicted molar refractivity (Wildman–Crippen MR) is 76.7 cm³/mol. The monoisotopic (exact) mass is 313 g/mol. The molecule has 106 valence electrons. The number of nitro groups is 1. The van der Waals surface area contributed by atoms with Gasteiger partial charge in [0.05, 0.1) is 28.1 Å². The number of halogens is 1. The topological polar surface area (TPSA) is 96.0 Å². The van der Waals surface area contributed by atoms with Crippen LogP contribution in [0.25, 0.3) is 0 Å². The Kier molecular flexibility index (Phi) is 6.28. The summed E-state index contributed by atoms with van der Waals surface area (Å²) in [4.78, 5) is 22.3. The average molecular weight is 314 g/mol. The first kappa shape index (κ1) is 16.3. The molecule has 1 aromatic carbocycles. The minimum Gasteiger partial charge on any atom is -0.352 e. The fourth-order valence-electron chi connectivity index (χ4n) is 1.40. The highest BCUT2D eigenvalue weighted by atomic mass is 35.5. The highest BCUT2D eigenvalue weighted by molar-refractivity contribution is 8.00. The molecular weight excluding hydrogens is 302 g/mol. The number of nitro benzene ring substituents is 1. The maximum Gasteiger partial charge on any atom is 0.284 e. The van der Waals surface area contributed by atoms with Gasteiger partial charge in [0.25, 0.3) is 5.69 Å². The van der Waals surface area contributed by atoms with Gasteiger partial charge in [0.2, 0.25) is 5.91 Å². The van der Waals surface area contributed by atoms with Crippen LogP contribution in [-0.2, 0) is 4.79 Å². The zero-order chi connectivity index (χ0) is 15.1. The van der Waals surface area contributed by atoms with Gasteiger partial charge in [-0.1, -0.05) is 11.6 Å². The van der Waals surface area contributed by atoms with Crippen LogP contribution in [0.3, 0.4) is 0 Å². The van der Waals surface area contributed by atoms with Crippen molar-refractivity contribution in [1.82, 2.24) is 5.32 Å². The summed E-state index contributed by atoms with van der Waals surface area (Å²) in [6.07, 6.45) is 0.220. The molecule has 0 aliphatic rings. The molecule has 8 heteroatoms. The Morgan fingerprint density at radius 1 is 1.65 bits per heavy atom. The summed E-state index contributed by atoms with van der Waals surface area (Å²) in [5, 5.41) is 22.3. The number of nitriles is 1. The van der Waals surface area contributed by atoms with E-state index in [4.69, 9.17) is 16.9 Å². The van der Waals surface area contributed by atoms with Crippen molar-refractivity contribution in [3.05, 3.63) is 33.3 Å². The Morgan fingerprint density at radius 3 is 2.95 bits per heavy atom. The van der Waals surface area contributed by atoms with E-state index in [2.05, 4.69) is 5.32 Å². The third-order valence-electron chi connectivity index (χ3n) is 2.28. The zero-order valence-corrected chi connectivity index (χ0v) is 12.2. The largest absolute Gasteiger partial charge is 0.352 e. The summed E-state index contributed by atoms with van der Waals surface area (Å²) in [5.74, 6) is -0.236. The number of nitrogens with zero attached hydrogens (tertiary/aromatic N) is 2. The third kappa shape index (κ3) is 5.07. The van der Waals surface area contributed by atoms with Gasteiger partial charge in [0.15, 0.2) is 0 Å². The molecule has 0 aliphatic heterocycles. The lowest BCUT2D eigenvalue weighted by molar-refractivity contribution is -0.387. The molecule has 1 amide bonds. The number of rotatable bonds is 6. The molecule has 6 nitrogen and oxygen atoms in total. The van der Waals surface area contributed by atoms with Crippen molar-refractivity contribution >= 4 is 35.0 Å². The Hall–Kier alpha value is -1.78. The van der Waals surface area contributed by atoms with Crippen LogP contribution in [0.15, 0.2) is 23.1 Å². The molecule has 0 aromatic heterocycles. The standard InChI is InChI=1S/C12H12ClN3O3S/c1-8(4-5-14)15-12(17)7-20-11-3-2-9(13)6-10(11)16(18)19/h2-3,6,8H,4,7H2,1H3,(H,15,17)/t8-/m0/s1. The summed E-state index contributed by atoms with van der Waals surface area (Å²) < 4.78 is 0. The van der Waals surface area contributed by atoms with Crippen molar-refractivity contribution in [2.24, 2.45) is 0 Å². The van der Waals surface area contributed by atoms with Crippen molar-refractivity contribution in [2.45, 2.75) is 24.3 Å². The molecule has 0 heterocycles. The number of carbonyl (C=O) groups excluding carboxylic acids is 1. The van der Waals surface area contributed by atoms with Gasteiger partial charge in [-0.05, 0) is 19.1 Å². The normalized spacial score (nSPS) is 11.4. The fraction of sp³-hybridized carbons (Fsp3) is 0.333. The number of hydrogen-bond acceptors (Lipinski definition) is 5. The molecule has 1 aromatic rings. The zero-order valence-electron chi connectivity index (χ0n) is 10.6. The van der Waals surface area contributed by atoms with Gasteiger partial charge < -0.3 is 5.32 Å². The maximum atomic E-state index is 11.6. The number of carbonyl (C=O) groups is 1. The first-order valence-corrected chi connectivity index (χ1v) is 7.03. The van der Waals surface area contributed by atoms with Gasteiger partial charge in [0, 0.05) is 17.1 Å². The number of thioether (sulfide) groups is 1. The van der Waals surface area contributed by atoms with E-state index in [9.17, 15) is 14.9 Å². The van der Waals surface area contributed by atoms with Gasteiger partial charge >= 0.3 is 0 Å². The summed E-state index contributed by atoms with van der Waals surface area (Å²) in [6, 6.07) is 6.01. The molecule has 20 heavy (non-hydrogen) atoms. The molecule has 0 spiro atoms. The van der Waals surface area contributed by atoms with Crippen LogP contribution in [0.2, 0.25) is 5.02 Å². The molecule has 0 unspecified atom stereocenters. The van der Waals surface area contributed by atoms with Crippen molar-refractivity contribution in [3.8, 4) is 6.07 Å². The lowest BCUT2D eigenvalue weighted by Gasteiger charge is -2.10. The Bertz CT molecular complexity index is 559. The molecule has 1 rings (SSSR count). The molecule has 0 radical (unpaired) electrons. The third-order valence-corrected chi connectivity index (χ3v) is 3.58. The summed E-state index contributed by atoms with van der Waals surface area (Å²) in [6.45, 7) is 1.72. The lowest BCUT2D eigenvalue weighted by atomic mass is 10.2. The Labute approximate surface area is 125 Å². The van der Waals surface area contributed by atoms with Crippen LogP contribution in [0.5, 0.6) is 0 Å². The van der Waals surface area contributed by atoms with Gasteiger partial charge in [-0.15, -0.1) is 11.8 Å². The van der Waals surface area contributed by atoms with Gasteiger partial charge in [-0.2, -0.15) is 5.26 Å². The van der Waals surface area contributed by atoms with Crippen molar-refractivity contribution in [3.63, 3.8) is 0 Å². The summed E-state index contributed by atoms with van der Waals surface area (Å²) >= 11 is 6.76. The minimum atomic E-state index is -0.537. The molecule has 0 saturated heterocycles. The Balaban J connectivity index is 2.64. The molecule has 1 N–H and O–H groups in total. The predicted octanol–water partition coefficient (Wildman–Crippen LogP) is 2.76. The SMILES string of the molecule is C[C@@H](CC#N)NC(=O)CSc1ccc(Cl)cc1[N+](=O)[O-]. The minimum absolute atomic E-state index is 0.0399. The van der Waals surface area contributed by atoms with E-state index in [1.54, 1.807) is 6.92 Å². The van der Waals surface area contributed by atoms with Crippen LogP contribution in [0.1, 0.15) is 13.3 Å². The van der Waals surface area contributed by atoms with E-state index < -0.39 is 4.92 Å². The number of hydrogen-bond donors (Lipinski definition) is 1. The molecule has 0 aliphatic carbocycles. The number of amides is 1. The molecule has 0 bridgehead atoms. The van der Waals surface area contributed by atoms with Crippen LogP contribution in [-0.4, -0.2) is 22.6 Å². The first-order valence-electron chi connectivity index (χ1n) is 5.67. The number of nitrogens with one attached hydrogen (secondary N) is 1. The van der Waals surface area contributed by atoms with E-state index in [1.807, 2.05) is 6.07 Å². The maximum absolute atomic E-state index is 11.6. The van der Waals surface area contributed by atoms with Gasteiger partial charge in [0.1, 0.15) is 0 Å². The van der Waals surface area contributed by atoms with Crippen molar-refractivity contribution < 1.29 is 9.72 Å². The smallest absolute Gasteiger partial charge is 0.284 e. The highest BCUT2D eigenvalue weighted by Crippen LogP contribution is 2.31. The molecule has 1 atom stereocenters. The number of benzene rings is 1. The van der Waals surface area contributed by atoms with Crippen molar-refractivity contribution in [2.75, 3.05) is 5.75 Å². The van der Waals surface area contributed by atoms with E-state index >= 15 is 0 Å². The van der Waals surface area contributed by atoms with Gasteiger partial charge in [-0.25, -0.2) is 0 Å². The van der Waals surface area contributed by atoms with Crippen LogP contribution in [0.4, 0.5) is 5.69 Å². The van der Waals surface area contributed by atoms with E-state index in [1.165, 1.54) is 18.2 Å². The average Bonchev–Trinajstić information content (AvgIpc) is 2.37. The van der Waals surface area contributed by atoms with Crippen LogP contribution in [0, 0.1) is 21.4 Å². The van der Waals surface area contributed by atoms with Gasteiger partial charge in [-0.3, -0.25) is 14.9 Å². The second kappa shape index (κ2) is 7.72. The second-order valence-corrected chi connectivity index (χ2v) is 5.44. The summed E-state index contributed by atoms with van der Waals surface area (Å²) in [5.41, 5.74) is -0.125. The van der Waals surface area contributed by atoms with E-state index in [0.717, 1.165) is 11.8 Å². The van der Waals surface area contributed by atoms with Crippen LogP contribution >= 0.6 is 23.4 Å².